The van der Waals surface area contributed by atoms with E-state index in [0.717, 1.165) is 0 Å². The molecule has 8 heavy (non-hydrogen) atoms. The summed E-state index contributed by atoms with van der Waals surface area (Å²) in [6.45, 7) is 1.03. The van der Waals surface area contributed by atoms with E-state index in [1.807, 2.05) is 0 Å². The highest BCUT2D eigenvalue weighted by atomic mass is 31.2. The number of halogens is 1. The van der Waals surface area contributed by atoms with Gasteiger partial charge in [0, 0.05) is 0 Å². The van der Waals surface area contributed by atoms with Crippen LogP contribution in [0.25, 0.3) is 0 Å². The van der Waals surface area contributed by atoms with Crippen LogP contribution in [0.4, 0.5) is 4.39 Å². The topological polar surface area (TPSA) is 38.7 Å². The minimum Gasteiger partial charge on any atom is -0.328 e. The Morgan fingerprint density at radius 1 is 1.62 bits per heavy atom. The van der Waals surface area contributed by atoms with Crippen molar-refractivity contribution in [3.63, 3.8) is 0 Å². The Labute approximate surface area is 48.4 Å². The van der Waals surface area contributed by atoms with Crippen molar-refractivity contribution < 1.29 is 18.3 Å². The van der Waals surface area contributed by atoms with Gasteiger partial charge in [0.2, 0.25) is 0 Å². The van der Waals surface area contributed by atoms with Crippen molar-refractivity contribution >= 4 is 8.60 Å². The van der Waals surface area contributed by atoms with Crippen molar-refractivity contribution in [2.24, 2.45) is 0 Å². The lowest BCUT2D eigenvalue weighted by molar-refractivity contribution is 0.144. The molecule has 0 aliphatic heterocycles. The molecule has 1 N–H and O–H groups in total. The zero-order valence-electron chi connectivity index (χ0n) is 4.50. The smallest absolute Gasteiger partial charge is 0.328 e. The molecule has 0 fully saturated rings. The molecule has 0 saturated carbocycles. The molecule has 0 aliphatic carbocycles. The third-order valence-electron chi connectivity index (χ3n) is 0.399. The average Bonchev–Trinajstić information content (AvgIpc) is 1.68. The largest absolute Gasteiger partial charge is 0.332 e. The first-order chi connectivity index (χ1) is 3.81. The van der Waals surface area contributed by atoms with Gasteiger partial charge in [-0.15, -0.1) is 0 Å². The third-order valence-corrected chi connectivity index (χ3v) is 1.20. The number of rotatable bonds is 4. The van der Waals surface area contributed by atoms with Crippen LogP contribution in [-0.2, 0) is 9.05 Å². The number of hydrogen-bond donors (Lipinski definition) is 1. The lowest BCUT2D eigenvalue weighted by Crippen LogP contribution is -1.86. The van der Waals surface area contributed by atoms with E-state index in [2.05, 4.69) is 9.05 Å². The zero-order chi connectivity index (χ0) is 6.41. The minimum atomic E-state index is -1.96. The second-order valence-electron chi connectivity index (χ2n) is 0.894. The molecule has 0 aromatic rings. The first kappa shape index (κ1) is 8.24. The van der Waals surface area contributed by atoms with E-state index in [9.17, 15) is 4.39 Å². The van der Waals surface area contributed by atoms with Crippen LogP contribution in [0.5, 0.6) is 0 Å². The molecule has 0 saturated heterocycles. The first-order valence-corrected chi connectivity index (χ1v) is 3.25. The monoisotopic (exact) mass is 142 g/mol. The summed E-state index contributed by atoms with van der Waals surface area (Å²) < 4.78 is 19.6. The van der Waals surface area contributed by atoms with Crippen LogP contribution < -0.4 is 0 Å². The third kappa shape index (κ3) is 4.40. The maximum atomic E-state index is 11.1. The van der Waals surface area contributed by atoms with E-state index < -0.39 is 15.5 Å². The van der Waals surface area contributed by atoms with E-state index in [-0.39, 0.29) is 0 Å². The van der Waals surface area contributed by atoms with Gasteiger partial charge in [0.25, 0.3) is 0 Å². The fourth-order valence-electron chi connectivity index (χ4n) is 0.189. The van der Waals surface area contributed by atoms with Crippen molar-refractivity contribution in [3.8, 4) is 0 Å². The predicted octanol–water partition coefficient (Wildman–Crippen LogP) is 1.19. The second-order valence-corrected chi connectivity index (χ2v) is 1.89. The Balaban J connectivity index is 2.92. The molecule has 0 aromatic carbocycles. The van der Waals surface area contributed by atoms with Gasteiger partial charge in [-0.1, -0.05) is 0 Å². The second kappa shape index (κ2) is 5.38. The quantitative estimate of drug-likeness (QED) is 0.599. The molecular formula is C3H8FO3P. The van der Waals surface area contributed by atoms with Gasteiger partial charge in [0.1, 0.15) is 0 Å². The van der Waals surface area contributed by atoms with Gasteiger partial charge in [-0.25, -0.2) is 4.39 Å². The molecule has 1 atom stereocenters. The molecule has 0 aromatic heterocycles. The summed E-state index contributed by atoms with van der Waals surface area (Å²) in [5, 5.41) is 0. The molecule has 0 rings (SSSR count). The summed E-state index contributed by atoms with van der Waals surface area (Å²) >= 11 is 0. The van der Waals surface area contributed by atoms with Crippen LogP contribution >= 0.6 is 8.60 Å². The Bertz CT molecular complexity index is 47.8. The molecule has 0 bridgehead atoms. The lowest BCUT2D eigenvalue weighted by atomic mass is 10.9. The van der Waals surface area contributed by atoms with Crippen LogP contribution in [0.15, 0.2) is 0 Å². The van der Waals surface area contributed by atoms with E-state index in [0.29, 0.717) is 6.61 Å². The minimum absolute atomic E-state index is 0.336. The average molecular weight is 142 g/mol. The van der Waals surface area contributed by atoms with Crippen molar-refractivity contribution in [3.05, 3.63) is 0 Å². The van der Waals surface area contributed by atoms with Crippen LogP contribution in [0.2, 0.25) is 0 Å². The Kier molecular flexibility index (Phi) is 5.54. The molecule has 0 aliphatic rings. The maximum absolute atomic E-state index is 11.1. The standard InChI is InChI=1S/C3H8FO3P/c1-2-6-8(5)7-3-4/h5H,2-3H2,1H3. The predicted molar refractivity (Wildman–Crippen MR) is 27.8 cm³/mol. The van der Waals surface area contributed by atoms with E-state index in [4.69, 9.17) is 4.89 Å². The van der Waals surface area contributed by atoms with Gasteiger partial charge >= 0.3 is 8.60 Å². The van der Waals surface area contributed by atoms with Crippen LogP contribution in [0.3, 0.4) is 0 Å². The van der Waals surface area contributed by atoms with Gasteiger partial charge in [-0.2, -0.15) is 0 Å². The van der Waals surface area contributed by atoms with Gasteiger partial charge in [-0.3, -0.25) is 4.52 Å². The summed E-state index contributed by atoms with van der Waals surface area (Å²) in [5.41, 5.74) is 0. The van der Waals surface area contributed by atoms with Gasteiger partial charge < -0.3 is 9.42 Å². The van der Waals surface area contributed by atoms with Crippen molar-refractivity contribution in [2.75, 3.05) is 13.5 Å². The van der Waals surface area contributed by atoms with Crippen LogP contribution in [0, 0.1) is 0 Å². The molecule has 5 heteroatoms. The summed E-state index contributed by atoms with van der Waals surface area (Å²) in [7, 11) is -1.96. The van der Waals surface area contributed by atoms with E-state index in [1.165, 1.54) is 0 Å². The summed E-state index contributed by atoms with van der Waals surface area (Å²) in [5.74, 6) is 0. The highest BCUT2D eigenvalue weighted by molar-refractivity contribution is 7.40. The number of alkyl halides is 1. The van der Waals surface area contributed by atoms with Crippen molar-refractivity contribution in [2.45, 2.75) is 6.92 Å². The van der Waals surface area contributed by atoms with Gasteiger partial charge in [0.05, 0.1) is 6.61 Å². The fourth-order valence-corrected chi connectivity index (χ4v) is 0.568. The highest BCUT2D eigenvalue weighted by Crippen LogP contribution is 2.31. The van der Waals surface area contributed by atoms with Crippen LogP contribution in [-0.4, -0.2) is 18.4 Å². The Morgan fingerprint density at radius 2 is 2.25 bits per heavy atom. The normalized spacial score (nSPS) is 13.9. The molecule has 0 heterocycles. The SMILES string of the molecule is CCOP(O)OCF. The van der Waals surface area contributed by atoms with Crippen molar-refractivity contribution in [1.82, 2.24) is 0 Å². The molecular weight excluding hydrogens is 134 g/mol. The molecule has 0 radical (unpaired) electrons. The summed E-state index contributed by atoms with van der Waals surface area (Å²) in [6.07, 6.45) is 0. The maximum Gasteiger partial charge on any atom is 0.332 e. The summed E-state index contributed by atoms with van der Waals surface area (Å²) in [4.78, 5) is 8.43. The van der Waals surface area contributed by atoms with E-state index >= 15 is 0 Å². The fraction of sp³-hybridized carbons (Fsp3) is 1.00. The Morgan fingerprint density at radius 3 is 2.62 bits per heavy atom. The van der Waals surface area contributed by atoms with Gasteiger partial charge in [-0.05, 0) is 6.92 Å². The van der Waals surface area contributed by atoms with Crippen LogP contribution in [0.1, 0.15) is 6.92 Å². The Hall–Kier alpha value is 0.240. The molecule has 0 amide bonds. The van der Waals surface area contributed by atoms with Gasteiger partial charge in [0.15, 0.2) is 6.86 Å². The lowest BCUT2D eigenvalue weighted by Gasteiger charge is -2.03. The molecule has 0 spiro atoms. The van der Waals surface area contributed by atoms with Crippen molar-refractivity contribution in [1.29, 1.82) is 0 Å². The number of hydrogen-bond acceptors (Lipinski definition) is 3. The molecule has 1 unspecified atom stereocenters. The van der Waals surface area contributed by atoms with E-state index in [1.54, 1.807) is 6.92 Å². The molecule has 50 valence electrons. The molecule has 3 nitrogen and oxygen atoms in total. The first-order valence-electron chi connectivity index (χ1n) is 2.12. The summed E-state index contributed by atoms with van der Waals surface area (Å²) in [6, 6.07) is 0. The highest BCUT2D eigenvalue weighted by Gasteiger charge is 2.01. The zero-order valence-corrected chi connectivity index (χ0v) is 5.40.